The van der Waals surface area contributed by atoms with Gasteiger partial charge in [0.2, 0.25) is 5.91 Å². The summed E-state index contributed by atoms with van der Waals surface area (Å²) in [5.74, 6) is 0.301. The number of rotatable bonds is 4. The molecule has 2 aliphatic rings. The number of aromatic nitrogens is 4. The Morgan fingerprint density at radius 1 is 1.23 bits per heavy atom. The lowest BCUT2D eigenvalue weighted by Crippen LogP contribution is -2.35. The highest BCUT2D eigenvalue weighted by molar-refractivity contribution is 6.04. The Kier molecular flexibility index (Phi) is 4.42. The molecular weight excluding hydrogens is 380 g/mol. The van der Waals surface area contributed by atoms with E-state index in [0.717, 1.165) is 53.8 Å². The number of nitrogens with zero attached hydrogens (tertiary/aromatic N) is 3. The molecule has 1 aliphatic carbocycles. The zero-order chi connectivity index (χ0) is 20.8. The SMILES string of the molecule is Cc1[nH]nc(C(=O)Nc2cnc3[nH]c(C4=CCN(C(=O)C5CC5)CC4)cc3c2)c1C. The molecule has 3 N–H and O–H groups in total. The van der Waals surface area contributed by atoms with Crippen molar-refractivity contribution in [2.24, 2.45) is 5.92 Å². The lowest BCUT2D eigenvalue weighted by molar-refractivity contribution is -0.132. The molecule has 8 nitrogen and oxygen atoms in total. The van der Waals surface area contributed by atoms with Crippen LogP contribution in [0.3, 0.4) is 0 Å². The molecule has 0 atom stereocenters. The van der Waals surface area contributed by atoms with Gasteiger partial charge in [0.1, 0.15) is 5.65 Å². The van der Waals surface area contributed by atoms with Gasteiger partial charge in [-0.2, -0.15) is 5.10 Å². The van der Waals surface area contributed by atoms with Crippen LogP contribution >= 0.6 is 0 Å². The van der Waals surface area contributed by atoms with Gasteiger partial charge in [-0.3, -0.25) is 14.7 Å². The summed E-state index contributed by atoms with van der Waals surface area (Å²) in [6.45, 7) is 5.17. The van der Waals surface area contributed by atoms with Gasteiger partial charge in [0, 0.05) is 41.3 Å². The van der Waals surface area contributed by atoms with Gasteiger partial charge < -0.3 is 15.2 Å². The van der Waals surface area contributed by atoms with Crippen LogP contribution in [0.25, 0.3) is 16.6 Å². The summed E-state index contributed by atoms with van der Waals surface area (Å²) in [4.78, 5) is 34.5. The second-order valence-electron chi connectivity index (χ2n) is 8.16. The third kappa shape index (κ3) is 3.38. The van der Waals surface area contributed by atoms with Crippen LogP contribution in [-0.4, -0.2) is 50.0 Å². The number of fused-ring (bicyclic) bond motifs is 1. The summed E-state index contributed by atoms with van der Waals surface area (Å²) in [7, 11) is 0. The number of nitrogens with one attached hydrogen (secondary N) is 3. The van der Waals surface area contributed by atoms with E-state index in [9.17, 15) is 9.59 Å². The third-order valence-corrected chi connectivity index (χ3v) is 5.99. The molecule has 1 saturated carbocycles. The maximum atomic E-state index is 12.5. The number of anilines is 1. The van der Waals surface area contributed by atoms with Crippen LogP contribution < -0.4 is 5.32 Å². The molecule has 3 aromatic heterocycles. The summed E-state index contributed by atoms with van der Waals surface area (Å²) in [6.07, 6.45) is 6.67. The molecule has 1 aliphatic heterocycles. The molecule has 30 heavy (non-hydrogen) atoms. The Morgan fingerprint density at radius 2 is 2.07 bits per heavy atom. The molecule has 0 saturated heterocycles. The Hall–Kier alpha value is -3.42. The number of hydrogen-bond acceptors (Lipinski definition) is 4. The lowest BCUT2D eigenvalue weighted by atomic mass is 10.0. The maximum Gasteiger partial charge on any atom is 0.276 e. The average Bonchev–Trinajstić information content (AvgIpc) is 3.43. The van der Waals surface area contributed by atoms with E-state index >= 15 is 0 Å². The summed E-state index contributed by atoms with van der Waals surface area (Å²) in [6, 6.07) is 3.95. The van der Waals surface area contributed by atoms with E-state index < -0.39 is 0 Å². The van der Waals surface area contributed by atoms with Gasteiger partial charge in [0.15, 0.2) is 5.69 Å². The largest absolute Gasteiger partial charge is 0.339 e. The standard InChI is InChI=1S/C22H24N6O2/c1-12-13(2)26-27-19(12)21(29)24-17-9-16-10-18(25-20(16)23-11-17)14-5-7-28(8-6-14)22(30)15-3-4-15/h5,9-11,15H,3-4,6-8H2,1-2H3,(H,23,25)(H,24,29)(H,26,27). The highest BCUT2D eigenvalue weighted by Gasteiger charge is 2.33. The molecule has 3 aromatic rings. The maximum absolute atomic E-state index is 12.5. The fourth-order valence-electron chi connectivity index (χ4n) is 3.86. The van der Waals surface area contributed by atoms with Crippen molar-refractivity contribution in [2.45, 2.75) is 33.1 Å². The molecular formula is C22H24N6O2. The van der Waals surface area contributed by atoms with Crippen LogP contribution in [0.15, 0.2) is 24.4 Å². The van der Waals surface area contributed by atoms with E-state index in [1.807, 2.05) is 30.9 Å². The topological polar surface area (TPSA) is 107 Å². The summed E-state index contributed by atoms with van der Waals surface area (Å²) in [5.41, 5.74) is 5.70. The normalized spacial score (nSPS) is 16.6. The van der Waals surface area contributed by atoms with Gasteiger partial charge in [-0.15, -0.1) is 0 Å². The quantitative estimate of drug-likeness (QED) is 0.621. The number of H-pyrrole nitrogens is 2. The summed E-state index contributed by atoms with van der Waals surface area (Å²) >= 11 is 0. The van der Waals surface area contributed by atoms with Crippen molar-refractivity contribution in [1.82, 2.24) is 25.1 Å². The zero-order valence-corrected chi connectivity index (χ0v) is 17.1. The molecule has 0 unspecified atom stereocenters. The number of hydrogen-bond donors (Lipinski definition) is 3. The molecule has 0 aromatic carbocycles. The van der Waals surface area contributed by atoms with Gasteiger partial charge in [-0.05, 0) is 50.8 Å². The van der Waals surface area contributed by atoms with Crippen molar-refractivity contribution in [1.29, 1.82) is 0 Å². The van der Waals surface area contributed by atoms with E-state index in [1.54, 1.807) is 6.20 Å². The number of aryl methyl sites for hydroxylation is 1. The van der Waals surface area contributed by atoms with E-state index in [1.165, 1.54) is 5.57 Å². The first kappa shape index (κ1) is 18.6. The van der Waals surface area contributed by atoms with Crippen molar-refractivity contribution in [3.8, 4) is 0 Å². The third-order valence-electron chi connectivity index (χ3n) is 5.99. The van der Waals surface area contributed by atoms with Crippen LogP contribution in [0.4, 0.5) is 5.69 Å². The lowest BCUT2D eigenvalue weighted by Gasteiger charge is -2.26. The fraction of sp³-hybridized carbons (Fsp3) is 0.364. The predicted octanol–water partition coefficient (Wildman–Crippen LogP) is 3.18. The second kappa shape index (κ2) is 7.12. The predicted molar refractivity (Wildman–Crippen MR) is 114 cm³/mol. The minimum Gasteiger partial charge on any atom is -0.339 e. The van der Waals surface area contributed by atoms with E-state index in [0.29, 0.717) is 23.8 Å². The molecule has 4 heterocycles. The first-order valence-electron chi connectivity index (χ1n) is 10.3. The van der Waals surface area contributed by atoms with Crippen LogP contribution in [0.5, 0.6) is 0 Å². The van der Waals surface area contributed by atoms with E-state index in [-0.39, 0.29) is 11.8 Å². The van der Waals surface area contributed by atoms with Crippen LogP contribution in [0.1, 0.15) is 46.7 Å². The van der Waals surface area contributed by atoms with Crippen LogP contribution in [0, 0.1) is 19.8 Å². The minimum atomic E-state index is -0.260. The molecule has 8 heteroatoms. The number of carbonyl (C=O) groups is 2. The minimum absolute atomic E-state index is 0.260. The Morgan fingerprint density at radius 3 is 2.73 bits per heavy atom. The monoisotopic (exact) mass is 404 g/mol. The zero-order valence-electron chi connectivity index (χ0n) is 17.1. The molecule has 2 amide bonds. The van der Waals surface area contributed by atoms with Gasteiger partial charge in [-0.1, -0.05) is 6.08 Å². The molecule has 0 bridgehead atoms. The molecule has 5 rings (SSSR count). The van der Waals surface area contributed by atoms with Crippen molar-refractivity contribution in [3.63, 3.8) is 0 Å². The Bertz CT molecular complexity index is 1180. The van der Waals surface area contributed by atoms with E-state index in [4.69, 9.17) is 0 Å². The van der Waals surface area contributed by atoms with Crippen LogP contribution in [0.2, 0.25) is 0 Å². The molecule has 0 radical (unpaired) electrons. The first-order valence-corrected chi connectivity index (χ1v) is 10.3. The van der Waals surface area contributed by atoms with Gasteiger partial charge in [-0.25, -0.2) is 4.98 Å². The average molecular weight is 404 g/mol. The van der Waals surface area contributed by atoms with Gasteiger partial charge in [0.25, 0.3) is 5.91 Å². The Balaban J connectivity index is 1.32. The smallest absolute Gasteiger partial charge is 0.276 e. The number of aromatic amines is 2. The van der Waals surface area contributed by atoms with E-state index in [2.05, 4.69) is 31.6 Å². The molecule has 154 valence electrons. The van der Waals surface area contributed by atoms with Crippen molar-refractivity contribution >= 4 is 34.1 Å². The summed E-state index contributed by atoms with van der Waals surface area (Å²) in [5, 5.41) is 10.7. The fourth-order valence-corrected chi connectivity index (χ4v) is 3.86. The molecule has 1 fully saturated rings. The second-order valence-corrected chi connectivity index (χ2v) is 8.16. The highest BCUT2D eigenvalue weighted by Crippen LogP contribution is 2.33. The van der Waals surface area contributed by atoms with Gasteiger partial charge >= 0.3 is 0 Å². The number of amides is 2. The van der Waals surface area contributed by atoms with Gasteiger partial charge in [0.05, 0.1) is 11.9 Å². The molecule has 0 spiro atoms. The van der Waals surface area contributed by atoms with Crippen molar-refractivity contribution in [2.75, 3.05) is 18.4 Å². The first-order chi connectivity index (χ1) is 14.5. The van der Waals surface area contributed by atoms with Crippen molar-refractivity contribution in [3.05, 3.63) is 47.1 Å². The highest BCUT2D eigenvalue weighted by atomic mass is 16.2. The van der Waals surface area contributed by atoms with Crippen LogP contribution in [-0.2, 0) is 4.79 Å². The summed E-state index contributed by atoms with van der Waals surface area (Å²) < 4.78 is 0. The number of pyridine rings is 1. The number of carbonyl (C=O) groups excluding carboxylic acids is 2. The van der Waals surface area contributed by atoms with Crippen molar-refractivity contribution < 1.29 is 9.59 Å². The Labute approximate surface area is 173 Å².